The van der Waals surface area contributed by atoms with Crippen LogP contribution in [0.5, 0.6) is 0 Å². The van der Waals surface area contributed by atoms with Crippen molar-refractivity contribution < 1.29 is 9.90 Å². The molecule has 3 nitrogen and oxygen atoms in total. The Morgan fingerprint density at radius 1 is 1.28 bits per heavy atom. The molecule has 0 fully saturated rings. The first-order valence-electron chi connectivity index (χ1n) is 6.22. The number of Topliss-reactive ketones (excluding diaryl/α,β-unsaturated/α-hetero) is 1. The molecule has 0 aliphatic heterocycles. The van der Waals surface area contributed by atoms with Gasteiger partial charge in [0.2, 0.25) is 0 Å². The third-order valence-corrected chi connectivity index (χ3v) is 3.46. The summed E-state index contributed by atoms with van der Waals surface area (Å²) in [6.45, 7) is 3.65. The molecule has 2 rings (SSSR count). The zero-order valence-corrected chi connectivity index (χ0v) is 10.7. The predicted molar refractivity (Wildman–Crippen MR) is 71.6 cm³/mol. The molecule has 0 saturated carbocycles. The largest absolute Gasteiger partial charge is 0.382 e. The van der Waals surface area contributed by atoms with E-state index in [-0.39, 0.29) is 5.78 Å². The molecule has 0 unspecified atom stereocenters. The van der Waals surface area contributed by atoms with E-state index in [9.17, 15) is 9.90 Å². The van der Waals surface area contributed by atoms with E-state index in [1.54, 1.807) is 18.3 Å². The van der Waals surface area contributed by atoms with E-state index < -0.39 is 5.60 Å². The van der Waals surface area contributed by atoms with Crippen LogP contribution in [0.1, 0.15) is 37.0 Å². The van der Waals surface area contributed by atoms with Gasteiger partial charge >= 0.3 is 0 Å². The summed E-state index contributed by atoms with van der Waals surface area (Å²) in [6, 6.07) is 9.09. The lowest BCUT2D eigenvalue weighted by Gasteiger charge is -2.23. The zero-order valence-electron chi connectivity index (χ0n) is 10.7. The molecule has 0 radical (unpaired) electrons. The molecule has 1 aromatic carbocycles. The Balaban J connectivity index is 2.45. The summed E-state index contributed by atoms with van der Waals surface area (Å²) in [5.41, 5.74) is 0.142. The Morgan fingerprint density at radius 3 is 2.67 bits per heavy atom. The highest BCUT2D eigenvalue weighted by molar-refractivity contribution is 6.04. The van der Waals surface area contributed by atoms with Crippen molar-refractivity contribution in [1.29, 1.82) is 0 Å². The lowest BCUT2D eigenvalue weighted by Crippen LogP contribution is -2.37. The number of pyridine rings is 1. The zero-order chi connectivity index (χ0) is 13.2. The number of nitrogens with zero attached hydrogens (tertiary/aromatic N) is 1. The Bertz CT molecular complexity index is 573. The molecule has 1 aromatic heterocycles. The molecule has 2 aromatic rings. The van der Waals surface area contributed by atoms with Crippen LogP contribution in [0.25, 0.3) is 10.9 Å². The van der Waals surface area contributed by atoms with Crippen molar-refractivity contribution in [2.75, 3.05) is 0 Å². The highest BCUT2D eigenvalue weighted by Crippen LogP contribution is 2.23. The van der Waals surface area contributed by atoms with E-state index in [4.69, 9.17) is 0 Å². The second-order valence-electron chi connectivity index (χ2n) is 4.48. The lowest BCUT2D eigenvalue weighted by atomic mass is 9.87. The number of carbonyl (C=O) groups is 1. The highest BCUT2D eigenvalue weighted by Gasteiger charge is 2.32. The van der Waals surface area contributed by atoms with E-state index in [1.807, 2.05) is 32.0 Å². The molecular weight excluding hydrogens is 226 g/mol. The summed E-state index contributed by atoms with van der Waals surface area (Å²) < 4.78 is 0. The number of ketones is 1. The number of aliphatic hydroxyl groups is 1. The van der Waals surface area contributed by atoms with Gasteiger partial charge in [0.15, 0.2) is 5.78 Å². The maximum absolute atomic E-state index is 12.3. The molecule has 1 heterocycles. The molecule has 94 valence electrons. The van der Waals surface area contributed by atoms with Gasteiger partial charge in [0.25, 0.3) is 0 Å². The van der Waals surface area contributed by atoms with Gasteiger partial charge in [-0.15, -0.1) is 0 Å². The molecule has 3 heteroatoms. The van der Waals surface area contributed by atoms with Crippen LogP contribution in [0.2, 0.25) is 0 Å². The molecule has 0 spiro atoms. The molecule has 0 aliphatic carbocycles. The third kappa shape index (κ3) is 2.14. The van der Waals surface area contributed by atoms with Gasteiger partial charge in [0.05, 0.1) is 5.52 Å². The monoisotopic (exact) mass is 243 g/mol. The van der Waals surface area contributed by atoms with Gasteiger partial charge < -0.3 is 5.11 Å². The molecule has 0 amide bonds. The number of aromatic nitrogens is 1. The molecular formula is C15H17NO2. The summed E-state index contributed by atoms with van der Waals surface area (Å²) >= 11 is 0. The fourth-order valence-electron chi connectivity index (χ4n) is 2.06. The van der Waals surface area contributed by atoms with Crippen molar-refractivity contribution in [3.05, 3.63) is 42.1 Å². The third-order valence-electron chi connectivity index (χ3n) is 3.46. The van der Waals surface area contributed by atoms with Crippen molar-refractivity contribution in [3.8, 4) is 0 Å². The number of fused-ring (bicyclic) bond motifs is 1. The number of hydrogen-bond acceptors (Lipinski definition) is 3. The Morgan fingerprint density at radius 2 is 2.00 bits per heavy atom. The van der Waals surface area contributed by atoms with Crippen molar-refractivity contribution >= 4 is 16.7 Å². The van der Waals surface area contributed by atoms with Crippen LogP contribution in [0, 0.1) is 0 Å². The molecule has 0 aliphatic rings. The second-order valence-corrected chi connectivity index (χ2v) is 4.48. The average Bonchev–Trinajstić information content (AvgIpc) is 2.45. The maximum Gasteiger partial charge on any atom is 0.194 e. The van der Waals surface area contributed by atoms with Gasteiger partial charge in [-0.3, -0.25) is 9.78 Å². The minimum absolute atomic E-state index is 0.210. The van der Waals surface area contributed by atoms with E-state index in [0.29, 0.717) is 18.4 Å². The first kappa shape index (κ1) is 12.7. The summed E-state index contributed by atoms with van der Waals surface area (Å²) in [4.78, 5) is 16.5. The normalized spacial score (nSPS) is 11.7. The minimum atomic E-state index is -1.25. The van der Waals surface area contributed by atoms with Gasteiger partial charge in [0.1, 0.15) is 5.60 Å². The van der Waals surface area contributed by atoms with Crippen molar-refractivity contribution in [1.82, 2.24) is 4.98 Å². The summed E-state index contributed by atoms with van der Waals surface area (Å²) in [5.74, 6) is -0.210. The fraction of sp³-hybridized carbons (Fsp3) is 0.333. The summed E-state index contributed by atoms with van der Waals surface area (Å²) in [7, 11) is 0. The highest BCUT2D eigenvalue weighted by atomic mass is 16.3. The standard InChI is InChI=1S/C15H17NO2/c1-3-15(18,4-2)14(17)12-7-8-13-11(10-12)6-5-9-16-13/h5-10,18H,3-4H2,1-2H3. The van der Waals surface area contributed by atoms with Crippen molar-refractivity contribution in [2.24, 2.45) is 0 Å². The first-order valence-corrected chi connectivity index (χ1v) is 6.22. The number of hydrogen-bond donors (Lipinski definition) is 1. The van der Waals surface area contributed by atoms with Crippen LogP contribution in [-0.4, -0.2) is 21.5 Å². The van der Waals surface area contributed by atoms with Gasteiger partial charge in [-0.25, -0.2) is 0 Å². The van der Waals surface area contributed by atoms with Crippen molar-refractivity contribution in [2.45, 2.75) is 32.3 Å². The van der Waals surface area contributed by atoms with Crippen LogP contribution in [0.4, 0.5) is 0 Å². The molecule has 18 heavy (non-hydrogen) atoms. The number of rotatable bonds is 4. The van der Waals surface area contributed by atoms with Gasteiger partial charge in [-0.05, 0) is 37.1 Å². The van der Waals surface area contributed by atoms with Crippen molar-refractivity contribution in [3.63, 3.8) is 0 Å². The Kier molecular flexibility index (Phi) is 3.43. The average molecular weight is 243 g/mol. The quantitative estimate of drug-likeness (QED) is 0.840. The number of benzene rings is 1. The minimum Gasteiger partial charge on any atom is -0.382 e. The topological polar surface area (TPSA) is 50.2 Å². The van der Waals surface area contributed by atoms with E-state index in [0.717, 1.165) is 10.9 Å². The number of carbonyl (C=O) groups excluding carboxylic acids is 1. The predicted octanol–water partition coefficient (Wildman–Crippen LogP) is 2.97. The molecule has 0 saturated heterocycles. The molecule has 0 bridgehead atoms. The lowest BCUT2D eigenvalue weighted by molar-refractivity contribution is 0.0278. The van der Waals surface area contributed by atoms with Crippen LogP contribution in [-0.2, 0) is 0 Å². The van der Waals surface area contributed by atoms with Crippen LogP contribution in [0.3, 0.4) is 0 Å². The van der Waals surface area contributed by atoms with Crippen LogP contribution < -0.4 is 0 Å². The van der Waals surface area contributed by atoms with Crippen LogP contribution >= 0.6 is 0 Å². The van der Waals surface area contributed by atoms with Gasteiger partial charge in [-0.1, -0.05) is 19.9 Å². The van der Waals surface area contributed by atoms with E-state index >= 15 is 0 Å². The summed E-state index contributed by atoms with van der Waals surface area (Å²) in [6.07, 6.45) is 2.57. The maximum atomic E-state index is 12.3. The van der Waals surface area contributed by atoms with Gasteiger partial charge in [-0.2, -0.15) is 0 Å². The summed E-state index contributed by atoms with van der Waals surface area (Å²) in [5, 5.41) is 11.2. The first-order chi connectivity index (χ1) is 8.60. The fourth-order valence-corrected chi connectivity index (χ4v) is 2.06. The molecule has 1 N–H and O–H groups in total. The smallest absolute Gasteiger partial charge is 0.194 e. The van der Waals surface area contributed by atoms with Crippen LogP contribution in [0.15, 0.2) is 36.5 Å². The second kappa shape index (κ2) is 4.86. The van der Waals surface area contributed by atoms with Gasteiger partial charge in [0, 0.05) is 17.1 Å². The van der Waals surface area contributed by atoms with E-state index in [2.05, 4.69) is 4.98 Å². The Hall–Kier alpha value is -1.74. The SMILES string of the molecule is CCC(O)(CC)C(=O)c1ccc2ncccc2c1. The molecule has 0 atom stereocenters. The Labute approximate surface area is 106 Å². The van der Waals surface area contributed by atoms with E-state index in [1.165, 1.54) is 0 Å².